The summed E-state index contributed by atoms with van der Waals surface area (Å²) in [7, 11) is 0. The van der Waals surface area contributed by atoms with Gasteiger partial charge in [-0.15, -0.1) is 0 Å². The van der Waals surface area contributed by atoms with Gasteiger partial charge in [0, 0.05) is 0 Å². The molecule has 2 aromatic carbocycles. The second-order valence-electron chi connectivity index (χ2n) is 5.10. The van der Waals surface area contributed by atoms with E-state index >= 15 is 0 Å². The molecule has 0 bridgehead atoms. The van der Waals surface area contributed by atoms with E-state index in [1.165, 1.54) is 0 Å². The third-order valence-electron chi connectivity index (χ3n) is 3.51. The molecule has 2 rings (SSSR count). The molecule has 0 spiro atoms. The Morgan fingerprint density at radius 3 is 1.86 bits per heavy atom. The average molecular weight is 283 g/mol. The van der Waals surface area contributed by atoms with Gasteiger partial charge in [0.2, 0.25) is 0 Å². The molecule has 0 aliphatic rings. The maximum atomic E-state index is 11.4. The Hall–Kier alpha value is -2.13. The molecule has 1 atom stereocenters. The molecular formula is C18H21NO2. The van der Waals surface area contributed by atoms with Gasteiger partial charge in [0.1, 0.15) is 6.04 Å². The lowest BCUT2D eigenvalue weighted by atomic mass is 9.97. The number of rotatable bonds is 7. The topological polar surface area (TPSA) is 49.3 Å². The average Bonchev–Trinajstić information content (AvgIpc) is 2.53. The first-order valence-corrected chi connectivity index (χ1v) is 7.31. The van der Waals surface area contributed by atoms with Crippen LogP contribution in [0.3, 0.4) is 0 Å². The van der Waals surface area contributed by atoms with Gasteiger partial charge in [-0.3, -0.25) is 10.1 Å². The zero-order valence-electron chi connectivity index (χ0n) is 12.2. The molecule has 2 N–H and O–H groups in total. The van der Waals surface area contributed by atoms with Gasteiger partial charge >= 0.3 is 5.97 Å². The molecule has 0 amide bonds. The van der Waals surface area contributed by atoms with Crippen molar-refractivity contribution >= 4 is 5.97 Å². The van der Waals surface area contributed by atoms with Gasteiger partial charge in [0.05, 0.1) is 6.04 Å². The Balaban J connectivity index is 2.30. The summed E-state index contributed by atoms with van der Waals surface area (Å²) in [6, 6.07) is 19.3. The van der Waals surface area contributed by atoms with Crippen LogP contribution in [0.4, 0.5) is 0 Å². The van der Waals surface area contributed by atoms with Gasteiger partial charge in [0.25, 0.3) is 0 Å². The van der Waals surface area contributed by atoms with E-state index in [2.05, 4.69) is 5.32 Å². The van der Waals surface area contributed by atoms with Crippen molar-refractivity contribution in [3.63, 3.8) is 0 Å². The third kappa shape index (κ3) is 4.17. The van der Waals surface area contributed by atoms with Gasteiger partial charge in [-0.2, -0.15) is 0 Å². The van der Waals surface area contributed by atoms with Crippen molar-refractivity contribution in [2.45, 2.75) is 31.8 Å². The molecule has 0 saturated carbocycles. The Morgan fingerprint density at radius 1 is 1.00 bits per heavy atom. The van der Waals surface area contributed by atoms with Crippen molar-refractivity contribution < 1.29 is 9.90 Å². The van der Waals surface area contributed by atoms with Gasteiger partial charge < -0.3 is 5.11 Å². The first-order valence-electron chi connectivity index (χ1n) is 7.31. The maximum Gasteiger partial charge on any atom is 0.320 e. The molecular weight excluding hydrogens is 262 g/mol. The predicted molar refractivity (Wildman–Crippen MR) is 84.2 cm³/mol. The Bertz CT molecular complexity index is 514. The Morgan fingerprint density at radius 2 is 1.48 bits per heavy atom. The highest BCUT2D eigenvalue weighted by Crippen LogP contribution is 2.23. The summed E-state index contributed by atoms with van der Waals surface area (Å²) in [5.41, 5.74) is 2.15. The number of aliphatic carboxylic acids is 1. The van der Waals surface area contributed by atoms with Gasteiger partial charge in [-0.05, 0) is 17.5 Å². The fourth-order valence-corrected chi connectivity index (χ4v) is 2.44. The molecule has 1 unspecified atom stereocenters. The quantitative estimate of drug-likeness (QED) is 0.816. The predicted octanol–water partition coefficient (Wildman–Crippen LogP) is 3.62. The summed E-state index contributed by atoms with van der Waals surface area (Å²) in [6.07, 6.45) is 1.45. The van der Waals surface area contributed by atoms with Crippen LogP contribution in [-0.4, -0.2) is 17.1 Å². The normalized spacial score (nSPS) is 12.3. The van der Waals surface area contributed by atoms with Crippen LogP contribution in [0.25, 0.3) is 0 Å². The largest absolute Gasteiger partial charge is 0.480 e. The van der Waals surface area contributed by atoms with Crippen LogP contribution >= 0.6 is 0 Å². The van der Waals surface area contributed by atoms with Crippen molar-refractivity contribution in [2.75, 3.05) is 0 Å². The molecule has 0 aliphatic heterocycles. The zero-order chi connectivity index (χ0) is 15.1. The van der Waals surface area contributed by atoms with E-state index in [-0.39, 0.29) is 6.04 Å². The van der Waals surface area contributed by atoms with Crippen molar-refractivity contribution in [3.8, 4) is 0 Å². The van der Waals surface area contributed by atoms with Gasteiger partial charge in [0.15, 0.2) is 0 Å². The first kappa shape index (κ1) is 15.3. The highest BCUT2D eigenvalue weighted by atomic mass is 16.4. The second-order valence-corrected chi connectivity index (χ2v) is 5.10. The molecule has 0 saturated heterocycles. The summed E-state index contributed by atoms with van der Waals surface area (Å²) < 4.78 is 0. The summed E-state index contributed by atoms with van der Waals surface area (Å²) in [5.74, 6) is -0.797. The van der Waals surface area contributed by atoms with E-state index in [0.29, 0.717) is 6.42 Å². The standard InChI is InChI=1S/C18H21NO2/c1-2-9-16(18(20)21)19-17(14-10-5-3-6-11-14)15-12-7-4-8-13-15/h3-8,10-13,16-17,19H,2,9H2,1H3,(H,20,21). The molecule has 2 aromatic rings. The lowest BCUT2D eigenvalue weighted by Gasteiger charge is -2.24. The molecule has 3 heteroatoms. The molecule has 0 aliphatic carbocycles. The van der Waals surface area contributed by atoms with E-state index < -0.39 is 12.0 Å². The maximum absolute atomic E-state index is 11.4. The fraction of sp³-hybridized carbons (Fsp3) is 0.278. The minimum atomic E-state index is -0.797. The minimum absolute atomic E-state index is 0.111. The van der Waals surface area contributed by atoms with Crippen molar-refractivity contribution in [2.24, 2.45) is 0 Å². The number of carbonyl (C=O) groups is 1. The van der Waals surface area contributed by atoms with E-state index in [9.17, 15) is 9.90 Å². The number of benzene rings is 2. The van der Waals surface area contributed by atoms with Crippen molar-refractivity contribution in [1.82, 2.24) is 5.32 Å². The Kier molecular flexibility index (Phi) is 5.52. The summed E-state index contributed by atoms with van der Waals surface area (Å²) >= 11 is 0. The number of carboxylic acids is 1. The van der Waals surface area contributed by atoms with Gasteiger partial charge in [-0.25, -0.2) is 0 Å². The second kappa shape index (κ2) is 7.60. The monoisotopic (exact) mass is 283 g/mol. The van der Waals surface area contributed by atoms with E-state index in [1.54, 1.807) is 0 Å². The van der Waals surface area contributed by atoms with Crippen LogP contribution in [-0.2, 0) is 4.79 Å². The lowest BCUT2D eigenvalue weighted by molar-refractivity contribution is -0.139. The number of nitrogens with one attached hydrogen (secondary N) is 1. The van der Waals surface area contributed by atoms with Crippen LogP contribution in [0, 0.1) is 0 Å². The molecule has 0 fully saturated rings. The first-order chi connectivity index (χ1) is 10.2. The van der Waals surface area contributed by atoms with Crippen molar-refractivity contribution in [3.05, 3.63) is 71.8 Å². The molecule has 21 heavy (non-hydrogen) atoms. The molecule has 0 radical (unpaired) electrons. The Labute approximate surface area is 125 Å². The van der Waals surface area contributed by atoms with E-state index in [0.717, 1.165) is 17.5 Å². The van der Waals surface area contributed by atoms with Crippen LogP contribution in [0.5, 0.6) is 0 Å². The van der Waals surface area contributed by atoms with E-state index in [4.69, 9.17) is 0 Å². The highest BCUT2D eigenvalue weighted by molar-refractivity contribution is 5.73. The summed E-state index contributed by atoms with van der Waals surface area (Å²) in [4.78, 5) is 11.4. The third-order valence-corrected chi connectivity index (χ3v) is 3.51. The highest BCUT2D eigenvalue weighted by Gasteiger charge is 2.22. The van der Waals surface area contributed by atoms with Crippen LogP contribution in [0.2, 0.25) is 0 Å². The SMILES string of the molecule is CCCC(NC(c1ccccc1)c1ccccc1)C(=O)O. The lowest BCUT2D eigenvalue weighted by Crippen LogP contribution is -2.39. The van der Waals surface area contributed by atoms with Crippen LogP contribution < -0.4 is 5.32 Å². The number of hydrogen-bond donors (Lipinski definition) is 2. The zero-order valence-corrected chi connectivity index (χ0v) is 12.2. The van der Waals surface area contributed by atoms with Crippen LogP contribution in [0.1, 0.15) is 36.9 Å². The number of carboxylic acid groups (broad SMARTS) is 1. The molecule has 0 heterocycles. The van der Waals surface area contributed by atoms with E-state index in [1.807, 2.05) is 67.6 Å². The molecule has 0 aromatic heterocycles. The smallest absolute Gasteiger partial charge is 0.320 e. The van der Waals surface area contributed by atoms with Gasteiger partial charge in [-0.1, -0.05) is 74.0 Å². The minimum Gasteiger partial charge on any atom is -0.480 e. The van der Waals surface area contributed by atoms with Crippen LogP contribution in [0.15, 0.2) is 60.7 Å². The summed E-state index contributed by atoms with van der Waals surface area (Å²) in [5, 5.41) is 12.7. The van der Waals surface area contributed by atoms with Crippen molar-refractivity contribution in [1.29, 1.82) is 0 Å². The summed E-state index contributed by atoms with van der Waals surface area (Å²) in [6.45, 7) is 2.00. The molecule has 110 valence electrons. The fourth-order valence-electron chi connectivity index (χ4n) is 2.44. The molecule has 3 nitrogen and oxygen atoms in total. The number of hydrogen-bond acceptors (Lipinski definition) is 2.